The zero-order valence-corrected chi connectivity index (χ0v) is 8.45. The van der Waals surface area contributed by atoms with Crippen molar-refractivity contribution in [2.75, 3.05) is 6.00 Å². The summed E-state index contributed by atoms with van der Waals surface area (Å²) in [6, 6.07) is 0.00767. The largest absolute Gasteiger partial charge is 0.853 e. The highest BCUT2D eigenvalue weighted by Crippen LogP contribution is 1.94. The lowest BCUT2D eigenvalue weighted by Crippen LogP contribution is -2.40. The SMILES string of the molecule is CCn1cc[n+](C)c1/C([O-])=N/CCl. The number of rotatable bonds is 3. The number of alkyl halides is 1. The maximum Gasteiger partial charge on any atom is 0.291 e. The van der Waals surface area contributed by atoms with Gasteiger partial charge in [0.2, 0.25) is 0 Å². The number of aryl methyl sites for hydroxylation is 2. The smallest absolute Gasteiger partial charge is 0.291 e. The Hall–Kier alpha value is -1.03. The highest BCUT2D eigenvalue weighted by molar-refractivity contribution is 6.18. The molecule has 72 valence electrons. The van der Waals surface area contributed by atoms with E-state index in [0.717, 1.165) is 6.54 Å². The minimum Gasteiger partial charge on any atom is -0.853 e. The van der Waals surface area contributed by atoms with Gasteiger partial charge in [-0.25, -0.2) is 9.13 Å². The second-order valence-corrected chi connectivity index (χ2v) is 2.84. The molecule has 4 nitrogen and oxygen atoms in total. The van der Waals surface area contributed by atoms with Crippen LogP contribution in [0.1, 0.15) is 12.7 Å². The van der Waals surface area contributed by atoms with Crippen molar-refractivity contribution in [3.05, 3.63) is 18.2 Å². The second kappa shape index (κ2) is 4.28. The van der Waals surface area contributed by atoms with Gasteiger partial charge < -0.3 is 5.11 Å². The van der Waals surface area contributed by atoms with E-state index in [1.807, 2.05) is 30.9 Å². The fourth-order valence-corrected chi connectivity index (χ4v) is 1.29. The van der Waals surface area contributed by atoms with E-state index in [4.69, 9.17) is 11.6 Å². The molecule has 1 aromatic rings. The Morgan fingerprint density at radius 3 is 3.00 bits per heavy atom. The molecule has 0 spiro atoms. The summed E-state index contributed by atoms with van der Waals surface area (Å²) in [5, 5.41) is 11.4. The molecule has 0 saturated carbocycles. The van der Waals surface area contributed by atoms with Crippen molar-refractivity contribution in [3.63, 3.8) is 0 Å². The Kier molecular flexibility index (Phi) is 3.31. The Labute approximate surface area is 82.1 Å². The number of imidazole rings is 1. The number of nitrogens with zero attached hydrogens (tertiary/aromatic N) is 3. The average molecular weight is 202 g/mol. The van der Waals surface area contributed by atoms with Crippen molar-refractivity contribution in [1.29, 1.82) is 0 Å². The first-order valence-corrected chi connectivity index (χ1v) is 4.56. The van der Waals surface area contributed by atoms with E-state index in [2.05, 4.69) is 4.99 Å². The number of aromatic nitrogens is 2. The molecule has 1 heterocycles. The number of aliphatic imine (C=N–C) groups is 1. The van der Waals surface area contributed by atoms with Gasteiger partial charge in [-0.2, -0.15) is 0 Å². The first kappa shape index (κ1) is 10.1. The Bertz CT molecular complexity index is 319. The van der Waals surface area contributed by atoms with E-state index in [1.165, 1.54) is 0 Å². The second-order valence-electron chi connectivity index (χ2n) is 2.60. The van der Waals surface area contributed by atoms with Gasteiger partial charge in [0, 0.05) is 0 Å². The Morgan fingerprint density at radius 2 is 2.46 bits per heavy atom. The molecule has 1 rings (SSSR count). The zero-order chi connectivity index (χ0) is 9.84. The van der Waals surface area contributed by atoms with Crippen molar-refractivity contribution in [1.82, 2.24) is 4.57 Å². The molecule has 13 heavy (non-hydrogen) atoms. The van der Waals surface area contributed by atoms with E-state index in [1.54, 1.807) is 4.57 Å². The van der Waals surface area contributed by atoms with Crippen LogP contribution in [0.5, 0.6) is 0 Å². The standard InChI is InChI=1S/C8H12ClN3O/c1-3-12-5-4-11(2)8(12)7(13)10-6-9/h4-5H,3,6H2,1-2H3. The van der Waals surface area contributed by atoms with Gasteiger partial charge in [-0.05, 0) is 6.92 Å². The molecule has 0 N–H and O–H groups in total. The summed E-state index contributed by atoms with van der Waals surface area (Å²) in [5.74, 6) is 0.285. The highest BCUT2D eigenvalue weighted by atomic mass is 35.5. The molecule has 0 bridgehead atoms. The van der Waals surface area contributed by atoms with Crippen LogP contribution >= 0.6 is 11.6 Å². The van der Waals surface area contributed by atoms with E-state index < -0.39 is 0 Å². The molecule has 0 unspecified atom stereocenters. The summed E-state index contributed by atoms with van der Waals surface area (Å²) in [5.41, 5.74) is 0. The normalized spacial score (nSPS) is 12.1. The predicted molar refractivity (Wildman–Crippen MR) is 48.5 cm³/mol. The molecule has 0 atom stereocenters. The third kappa shape index (κ3) is 2.01. The molecule has 0 amide bonds. The van der Waals surface area contributed by atoms with Gasteiger partial charge in [-0.1, -0.05) is 0 Å². The number of hydrogen-bond donors (Lipinski definition) is 0. The molecule has 0 radical (unpaired) electrons. The van der Waals surface area contributed by atoms with E-state index >= 15 is 0 Å². The molecule has 0 aliphatic heterocycles. The van der Waals surface area contributed by atoms with Gasteiger partial charge in [0.15, 0.2) is 0 Å². The molecule has 0 aliphatic rings. The summed E-state index contributed by atoms with van der Waals surface area (Å²) < 4.78 is 3.57. The van der Waals surface area contributed by atoms with Gasteiger partial charge in [0.05, 0.1) is 19.5 Å². The number of hydrogen-bond acceptors (Lipinski definition) is 2. The van der Waals surface area contributed by atoms with Crippen LogP contribution in [0.15, 0.2) is 17.4 Å². The van der Waals surface area contributed by atoms with Crippen molar-refractivity contribution in [2.24, 2.45) is 12.0 Å². The van der Waals surface area contributed by atoms with Crippen molar-refractivity contribution >= 4 is 17.5 Å². The molecule has 0 aliphatic carbocycles. The minimum atomic E-state index is -0.274. The topological polar surface area (TPSA) is 44.2 Å². The molecule has 1 aromatic heterocycles. The molecule has 0 saturated heterocycles. The third-order valence-electron chi connectivity index (χ3n) is 1.81. The average Bonchev–Trinajstić information content (AvgIpc) is 2.47. The van der Waals surface area contributed by atoms with Crippen LogP contribution in [0.3, 0.4) is 0 Å². The molecular weight excluding hydrogens is 190 g/mol. The van der Waals surface area contributed by atoms with Crippen molar-refractivity contribution < 1.29 is 9.67 Å². The lowest BCUT2D eigenvalue weighted by Gasteiger charge is -2.06. The van der Waals surface area contributed by atoms with Gasteiger partial charge in [-0.15, -0.1) is 11.6 Å². The predicted octanol–water partition coefficient (Wildman–Crippen LogP) is -0.364. The van der Waals surface area contributed by atoms with E-state index in [0.29, 0.717) is 5.82 Å². The van der Waals surface area contributed by atoms with Crippen LogP contribution in [-0.2, 0) is 13.6 Å². The van der Waals surface area contributed by atoms with Gasteiger partial charge in [0.1, 0.15) is 18.4 Å². The Balaban J connectivity index is 3.10. The fourth-order valence-electron chi connectivity index (χ4n) is 1.18. The minimum absolute atomic E-state index is 0.00767. The lowest BCUT2D eigenvalue weighted by atomic mass is 10.5. The Morgan fingerprint density at radius 1 is 1.77 bits per heavy atom. The van der Waals surface area contributed by atoms with Gasteiger partial charge in [0.25, 0.3) is 5.82 Å². The lowest BCUT2D eigenvalue weighted by molar-refractivity contribution is -0.674. The monoisotopic (exact) mass is 201 g/mol. The summed E-state index contributed by atoms with van der Waals surface area (Å²) in [4.78, 5) is 3.62. The van der Waals surface area contributed by atoms with Crippen LogP contribution < -0.4 is 9.67 Å². The zero-order valence-electron chi connectivity index (χ0n) is 7.70. The van der Waals surface area contributed by atoms with Crippen LogP contribution in [0, 0.1) is 0 Å². The summed E-state index contributed by atoms with van der Waals surface area (Å²) in [6.45, 7) is 2.72. The van der Waals surface area contributed by atoms with E-state index in [-0.39, 0.29) is 11.9 Å². The third-order valence-corrected chi connectivity index (χ3v) is 1.93. The number of halogens is 1. The maximum absolute atomic E-state index is 11.4. The van der Waals surface area contributed by atoms with Crippen molar-refractivity contribution in [3.8, 4) is 0 Å². The molecule has 0 fully saturated rings. The summed E-state index contributed by atoms with van der Waals surface area (Å²) >= 11 is 5.36. The quantitative estimate of drug-likeness (QED) is 0.217. The fraction of sp³-hybridized carbons (Fsp3) is 0.500. The first-order valence-electron chi connectivity index (χ1n) is 4.03. The van der Waals surface area contributed by atoms with Gasteiger partial charge >= 0.3 is 0 Å². The summed E-state index contributed by atoms with van der Waals surface area (Å²) in [6.07, 6.45) is 3.66. The first-order chi connectivity index (χ1) is 6.20. The van der Waals surface area contributed by atoms with Crippen molar-refractivity contribution in [2.45, 2.75) is 13.5 Å². The van der Waals surface area contributed by atoms with Crippen LogP contribution in [0.25, 0.3) is 0 Å². The van der Waals surface area contributed by atoms with Crippen LogP contribution in [0.4, 0.5) is 0 Å². The highest BCUT2D eigenvalue weighted by Gasteiger charge is 2.12. The molecular formula is C8H12ClN3O. The molecule has 0 aromatic carbocycles. The maximum atomic E-state index is 11.4. The van der Waals surface area contributed by atoms with E-state index in [9.17, 15) is 5.11 Å². The van der Waals surface area contributed by atoms with Crippen LogP contribution in [-0.4, -0.2) is 16.5 Å². The van der Waals surface area contributed by atoms with Gasteiger partial charge in [-0.3, -0.25) is 4.99 Å². The molecule has 5 heteroatoms. The van der Waals surface area contributed by atoms with Crippen LogP contribution in [0.2, 0.25) is 0 Å². The summed E-state index contributed by atoms with van der Waals surface area (Å²) in [7, 11) is 1.81.